The Balaban J connectivity index is 2.34. The molecule has 0 amide bonds. The number of ether oxygens (including phenoxy) is 1. The summed E-state index contributed by atoms with van der Waals surface area (Å²) in [4.78, 5) is 11.3. The molecule has 0 bridgehead atoms. The molecule has 3 rings (SSSR count). The van der Waals surface area contributed by atoms with Crippen LogP contribution in [0.1, 0.15) is 0 Å². The summed E-state index contributed by atoms with van der Waals surface area (Å²) in [7, 11) is 1.58. The molecule has 5 nitrogen and oxygen atoms in total. The van der Waals surface area contributed by atoms with E-state index in [-0.39, 0.29) is 0 Å². The number of aromatic nitrogens is 3. The molecule has 0 unspecified atom stereocenters. The zero-order chi connectivity index (χ0) is 11.0. The number of H-pyrrole nitrogens is 1. The largest absolute Gasteiger partial charge is 0.480 e. The Hall–Kier alpha value is -2.30. The molecule has 0 saturated heterocycles. The zero-order valence-corrected chi connectivity index (χ0v) is 8.60. The summed E-state index contributed by atoms with van der Waals surface area (Å²) in [5, 5.41) is 0.833. The van der Waals surface area contributed by atoms with E-state index in [0.717, 1.165) is 22.4 Å². The summed E-state index contributed by atoms with van der Waals surface area (Å²) < 4.78 is 10.6. The molecular weight excluding hydrogens is 206 g/mol. The highest BCUT2D eigenvalue weighted by Gasteiger charge is 2.14. The molecule has 16 heavy (non-hydrogen) atoms. The minimum atomic E-state index is 0.539. The first-order valence-electron chi connectivity index (χ1n) is 4.80. The molecular formula is C11H9N3O2. The summed E-state index contributed by atoms with van der Waals surface area (Å²) >= 11 is 0. The molecule has 0 aromatic carbocycles. The predicted molar refractivity (Wildman–Crippen MR) is 58.1 cm³/mol. The predicted octanol–water partition coefficient (Wildman–Crippen LogP) is 2.23. The lowest BCUT2D eigenvalue weighted by molar-refractivity contribution is 0.402. The fourth-order valence-corrected chi connectivity index (χ4v) is 1.72. The molecule has 3 heterocycles. The molecule has 0 aliphatic heterocycles. The minimum absolute atomic E-state index is 0.539. The van der Waals surface area contributed by atoms with Gasteiger partial charge in [0.25, 0.3) is 0 Å². The summed E-state index contributed by atoms with van der Waals surface area (Å²) in [6.45, 7) is 0. The molecule has 0 atom stereocenters. The molecule has 0 spiro atoms. The van der Waals surface area contributed by atoms with Crippen molar-refractivity contribution in [2.45, 2.75) is 0 Å². The van der Waals surface area contributed by atoms with E-state index < -0.39 is 0 Å². The van der Waals surface area contributed by atoms with Crippen LogP contribution < -0.4 is 4.74 Å². The van der Waals surface area contributed by atoms with Crippen molar-refractivity contribution in [1.29, 1.82) is 0 Å². The highest BCUT2D eigenvalue weighted by molar-refractivity contribution is 5.95. The van der Waals surface area contributed by atoms with E-state index >= 15 is 0 Å². The fourth-order valence-electron chi connectivity index (χ4n) is 1.72. The number of rotatable bonds is 2. The molecule has 1 N–H and O–H groups in total. The summed E-state index contributed by atoms with van der Waals surface area (Å²) in [5.74, 6) is 1.30. The molecule has 0 aliphatic carbocycles. The third kappa shape index (κ3) is 1.18. The van der Waals surface area contributed by atoms with Gasteiger partial charge in [0.2, 0.25) is 5.88 Å². The average molecular weight is 215 g/mol. The van der Waals surface area contributed by atoms with Crippen LogP contribution >= 0.6 is 0 Å². The lowest BCUT2D eigenvalue weighted by Gasteiger charge is -2.00. The third-order valence-electron chi connectivity index (χ3n) is 2.42. The maximum atomic E-state index is 5.35. The van der Waals surface area contributed by atoms with Gasteiger partial charge in [-0.1, -0.05) is 0 Å². The van der Waals surface area contributed by atoms with E-state index in [1.54, 1.807) is 13.4 Å². The Morgan fingerprint density at radius 1 is 1.38 bits per heavy atom. The second-order valence-corrected chi connectivity index (χ2v) is 3.29. The SMILES string of the molecule is COc1ncnc2[nH]cc(-c3ccco3)c12. The highest BCUT2D eigenvalue weighted by atomic mass is 16.5. The van der Waals surface area contributed by atoms with Crippen molar-refractivity contribution in [2.24, 2.45) is 0 Å². The summed E-state index contributed by atoms with van der Waals surface area (Å²) in [6, 6.07) is 3.72. The maximum Gasteiger partial charge on any atom is 0.226 e. The van der Waals surface area contributed by atoms with E-state index in [4.69, 9.17) is 9.15 Å². The van der Waals surface area contributed by atoms with Crippen LogP contribution in [0.15, 0.2) is 35.3 Å². The van der Waals surface area contributed by atoms with Gasteiger partial charge in [0, 0.05) is 11.8 Å². The number of aromatic amines is 1. The third-order valence-corrected chi connectivity index (χ3v) is 2.42. The average Bonchev–Trinajstić information content (AvgIpc) is 2.96. The Labute approximate surface area is 91.1 Å². The van der Waals surface area contributed by atoms with Crippen LogP contribution in [-0.4, -0.2) is 22.1 Å². The number of hydrogen-bond acceptors (Lipinski definition) is 4. The number of methoxy groups -OCH3 is 1. The highest BCUT2D eigenvalue weighted by Crippen LogP contribution is 2.32. The Morgan fingerprint density at radius 3 is 3.06 bits per heavy atom. The zero-order valence-electron chi connectivity index (χ0n) is 8.60. The first-order chi connectivity index (χ1) is 7.90. The lowest BCUT2D eigenvalue weighted by atomic mass is 10.2. The van der Waals surface area contributed by atoms with E-state index in [0.29, 0.717) is 5.88 Å². The summed E-state index contributed by atoms with van der Waals surface area (Å²) in [5.41, 5.74) is 1.63. The van der Waals surface area contributed by atoms with Crippen LogP contribution in [0.3, 0.4) is 0 Å². The quantitative estimate of drug-likeness (QED) is 0.711. The van der Waals surface area contributed by atoms with Crippen molar-refractivity contribution in [3.05, 3.63) is 30.9 Å². The van der Waals surface area contributed by atoms with Gasteiger partial charge in [-0.15, -0.1) is 0 Å². The van der Waals surface area contributed by atoms with Crippen molar-refractivity contribution >= 4 is 11.0 Å². The van der Waals surface area contributed by atoms with Gasteiger partial charge >= 0.3 is 0 Å². The molecule has 0 fully saturated rings. The van der Waals surface area contributed by atoms with Gasteiger partial charge < -0.3 is 14.1 Å². The normalized spacial score (nSPS) is 10.8. The van der Waals surface area contributed by atoms with Crippen molar-refractivity contribution < 1.29 is 9.15 Å². The summed E-state index contributed by atoms with van der Waals surface area (Å²) in [6.07, 6.45) is 4.93. The number of nitrogens with zero attached hydrogens (tertiary/aromatic N) is 2. The molecule has 0 aliphatic rings. The second-order valence-electron chi connectivity index (χ2n) is 3.29. The fraction of sp³-hybridized carbons (Fsp3) is 0.0909. The number of fused-ring (bicyclic) bond motifs is 1. The molecule has 5 heteroatoms. The first kappa shape index (κ1) is 8.96. The molecule has 0 radical (unpaired) electrons. The van der Waals surface area contributed by atoms with E-state index in [1.807, 2.05) is 18.3 Å². The minimum Gasteiger partial charge on any atom is -0.480 e. The molecule has 3 aromatic heterocycles. The standard InChI is InChI=1S/C11H9N3O2/c1-15-11-9-7(8-3-2-4-16-8)5-12-10(9)13-6-14-11/h2-6H,1H3,(H,12,13,14). The Bertz CT molecular complexity index is 613. The van der Waals surface area contributed by atoms with E-state index in [2.05, 4.69) is 15.0 Å². The van der Waals surface area contributed by atoms with Gasteiger partial charge in [0.1, 0.15) is 17.7 Å². The van der Waals surface area contributed by atoms with Gasteiger partial charge in [-0.3, -0.25) is 0 Å². The van der Waals surface area contributed by atoms with Gasteiger partial charge in [0.15, 0.2) is 0 Å². The van der Waals surface area contributed by atoms with Gasteiger partial charge in [0.05, 0.1) is 18.8 Å². The second kappa shape index (κ2) is 3.37. The van der Waals surface area contributed by atoms with Gasteiger partial charge in [-0.25, -0.2) is 9.97 Å². The van der Waals surface area contributed by atoms with Crippen LogP contribution in [0.25, 0.3) is 22.4 Å². The van der Waals surface area contributed by atoms with E-state index in [1.165, 1.54) is 6.33 Å². The van der Waals surface area contributed by atoms with Gasteiger partial charge in [-0.2, -0.15) is 0 Å². The topological polar surface area (TPSA) is 63.9 Å². The van der Waals surface area contributed by atoms with Crippen LogP contribution in [0, 0.1) is 0 Å². The molecule has 0 saturated carbocycles. The first-order valence-corrected chi connectivity index (χ1v) is 4.80. The van der Waals surface area contributed by atoms with Crippen molar-refractivity contribution in [3.8, 4) is 17.2 Å². The van der Waals surface area contributed by atoms with Crippen molar-refractivity contribution in [2.75, 3.05) is 7.11 Å². The molecule has 80 valence electrons. The van der Waals surface area contributed by atoms with Gasteiger partial charge in [-0.05, 0) is 12.1 Å². The number of nitrogens with one attached hydrogen (secondary N) is 1. The monoisotopic (exact) mass is 215 g/mol. The maximum absolute atomic E-state index is 5.35. The van der Waals surface area contributed by atoms with Crippen LogP contribution in [0.2, 0.25) is 0 Å². The van der Waals surface area contributed by atoms with Crippen LogP contribution in [0.4, 0.5) is 0 Å². The Kier molecular flexibility index (Phi) is 1.89. The molecule has 3 aromatic rings. The Morgan fingerprint density at radius 2 is 2.31 bits per heavy atom. The number of furan rings is 1. The number of hydrogen-bond donors (Lipinski definition) is 1. The van der Waals surface area contributed by atoms with Crippen molar-refractivity contribution in [1.82, 2.24) is 15.0 Å². The van der Waals surface area contributed by atoms with E-state index in [9.17, 15) is 0 Å². The van der Waals surface area contributed by atoms with Crippen LogP contribution in [0.5, 0.6) is 5.88 Å². The van der Waals surface area contributed by atoms with Crippen LogP contribution in [-0.2, 0) is 0 Å². The smallest absolute Gasteiger partial charge is 0.226 e. The lowest BCUT2D eigenvalue weighted by Crippen LogP contribution is -1.90. The van der Waals surface area contributed by atoms with Crippen molar-refractivity contribution in [3.63, 3.8) is 0 Å².